The number of hydrogen-bond donors (Lipinski definition) is 2. The third-order valence-corrected chi connectivity index (χ3v) is 4.33. The van der Waals surface area contributed by atoms with Gasteiger partial charge in [0.1, 0.15) is 12.2 Å². The fourth-order valence-corrected chi connectivity index (χ4v) is 3.25. The van der Waals surface area contributed by atoms with Crippen molar-refractivity contribution in [3.05, 3.63) is 48.2 Å². The van der Waals surface area contributed by atoms with Crippen molar-refractivity contribution in [2.75, 3.05) is 6.54 Å². The number of hydrogen-bond acceptors (Lipinski definition) is 3. The first-order chi connectivity index (χ1) is 10.8. The summed E-state index contributed by atoms with van der Waals surface area (Å²) in [6, 6.07) is 7.78. The van der Waals surface area contributed by atoms with Crippen molar-refractivity contribution in [1.82, 2.24) is 25.1 Å². The Hall–Kier alpha value is -2.63. The van der Waals surface area contributed by atoms with Crippen molar-refractivity contribution in [2.24, 2.45) is 0 Å². The monoisotopic (exact) mass is 295 g/mol. The van der Waals surface area contributed by atoms with Crippen LogP contribution in [0.1, 0.15) is 41.5 Å². The van der Waals surface area contributed by atoms with E-state index in [9.17, 15) is 4.79 Å². The van der Waals surface area contributed by atoms with Crippen molar-refractivity contribution in [3.8, 4) is 0 Å². The van der Waals surface area contributed by atoms with Crippen molar-refractivity contribution < 1.29 is 4.79 Å². The van der Waals surface area contributed by atoms with Crippen LogP contribution in [-0.2, 0) is 0 Å². The summed E-state index contributed by atoms with van der Waals surface area (Å²) >= 11 is 0. The van der Waals surface area contributed by atoms with Gasteiger partial charge in [0.15, 0.2) is 0 Å². The van der Waals surface area contributed by atoms with Crippen molar-refractivity contribution in [2.45, 2.75) is 25.3 Å². The Kier molecular flexibility index (Phi) is 3.14. The minimum absolute atomic E-state index is 0.0195. The van der Waals surface area contributed by atoms with Crippen molar-refractivity contribution >= 4 is 16.8 Å². The first kappa shape index (κ1) is 13.1. The van der Waals surface area contributed by atoms with Crippen LogP contribution in [0.4, 0.5) is 0 Å². The zero-order chi connectivity index (χ0) is 14.9. The van der Waals surface area contributed by atoms with E-state index in [4.69, 9.17) is 0 Å². The van der Waals surface area contributed by atoms with Crippen LogP contribution in [0, 0.1) is 0 Å². The van der Waals surface area contributed by atoms with Crippen LogP contribution in [-0.4, -0.2) is 37.5 Å². The zero-order valence-corrected chi connectivity index (χ0v) is 12.1. The number of likely N-dealkylation sites (tertiary alicyclic amines) is 1. The van der Waals surface area contributed by atoms with Crippen LogP contribution in [0.15, 0.2) is 36.8 Å². The maximum atomic E-state index is 13.1. The average Bonchev–Trinajstić information content (AvgIpc) is 3.25. The predicted octanol–water partition coefficient (Wildman–Crippen LogP) is 2.65. The third-order valence-electron chi connectivity index (χ3n) is 4.33. The second kappa shape index (κ2) is 5.29. The summed E-state index contributed by atoms with van der Waals surface area (Å²) in [4.78, 5) is 22.4. The lowest BCUT2D eigenvalue weighted by Gasteiger charge is -2.34. The highest BCUT2D eigenvalue weighted by molar-refractivity contribution is 6.05. The molecule has 1 aliphatic heterocycles. The molecule has 0 aliphatic carbocycles. The van der Waals surface area contributed by atoms with E-state index >= 15 is 0 Å². The van der Waals surface area contributed by atoms with Crippen LogP contribution in [0.25, 0.3) is 10.9 Å². The second-order valence-corrected chi connectivity index (χ2v) is 5.63. The van der Waals surface area contributed by atoms with Gasteiger partial charge in [-0.1, -0.05) is 12.1 Å². The van der Waals surface area contributed by atoms with Crippen molar-refractivity contribution in [3.63, 3.8) is 0 Å². The molecule has 0 bridgehead atoms. The molecule has 0 saturated carbocycles. The molecule has 3 heterocycles. The van der Waals surface area contributed by atoms with E-state index in [-0.39, 0.29) is 11.9 Å². The lowest BCUT2D eigenvalue weighted by molar-refractivity contribution is 0.0602. The highest BCUT2D eigenvalue weighted by Crippen LogP contribution is 2.31. The highest BCUT2D eigenvalue weighted by atomic mass is 16.2. The maximum Gasteiger partial charge on any atom is 0.256 e. The molecule has 0 spiro atoms. The summed E-state index contributed by atoms with van der Waals surface area (Å²) < 4.78 is 0. The number of benzene rings is 1. The summed E-state index contributed by atoms with van der Waals surface area (Å²) in [5.41, 5.74) is 1.61. The number of aromatic amines is 2. The fourth-order valence-electron chi connectivity index (χ4n) is 3.25. The van der Waals surface area contributed by atoms with E-state index in [0.717, 1.165) is 42.5 Å². The van der Waals surface area contributed by atoms with Gasteiger partial charge in [-0.2, -0.15) is 5.10 Å². The Morgan fingerprint density at radius 2 is 2.23 bits per heavy atom. The largest absolute Gasteiger partial charge is 0.361 e. The molecule has 1 amide bonds. The highest BCUT2D eigenvalue weighted by Gasteiger charge is 2.31. The summed E-state index contributed by atoms with van der Waals surface area (Å²) in [5, 5.41) is 7.89. The first-order valence-corrected chi connectivity index (χ1v) is 7.57. The SMILES string of the molecule is O=C(c1cccc2cc[nH]c12)N1CCCCC1c1ncn[nH]1. The number of amides is 1. The molecule has 4 rings (SSSR count). The van der Waals surface area contributed by atoms with Crippen LogP contribution in [0.2, 0.25) is 0 Å². The molecular weight excluding hydrogens is 278 g/mol. The third kappa shape index (κ3) is 2.07. The molecule has 1 atom stereocenters. The Morgan fingerprint density at radius 3 is 3.09 bits per heavy atom. The van der Waals surface area contributed by atoms with E-state index in [1.165, 1.54) is 6.33 Å². The van der Waals surface area contributed by atoms with Gasteiger partial charge in [-0.05, 0) is 31.4 Å². The Morgan fingerprint density at radius 1 is 1.27 bits per heavy atom. The molecular formula is C16H17N5O. The molecule has 3 aromatic rings. The lowest BCUT2D eigenvalue weighted by atomic mass is 9.99. The molecule has 1 unspecified atom stereocenters. The standard InChI is InChI=1S/C16H17N5O/c22-16(12-5-3-4-11-7-8-17-14(11)12)21-9-2-1-6-13(21)15-18-10-19-20-15/h3-5,7-8,10,13,17H,1-2,6,9H2,(H,18,19,20). The number of fused-ring (bicyclic) bond motifs is 1. The zero-order valence-electron chi connectivity index (χ0n) is 12.1. The molecule has 6 heteroatoms. The minimum atomic E-state index is -0.0195. The smallest absolute Gasteiger partial charge is 0.256 e. The van der Waals surface area contributed by atoms with E-state index in [1.807, 2.05) is 35.4 Å². The molecule has 1 aromatic carbocycles. The van der Waals surface area contributed by atoms with Gasteiger partial charge in [0.05, 0.1) is 17.1 Å². The number of rotatable bonds is 2. The number of carbonyl (C=O) groups is 1. The average molecular weight is 295 g/mol. The van der Waals surface area contributed by atoms with Crippen LogP contribution in [0.3, 0.4) is 0 Å². The summed E-state index contributed by atoms with van der Waals surface area (Å²) in [7, 11) is 0. The van der Waals surface area contributed by atoms with Gasteiger partial charge >= 0.3 is 0 Å². The fraction of sp³-hybridized carbons (Fsp3) is 0.312. The van der Waals surface area contributed by atoms with Crippen LogP contribution in [0.5, 0.6) is 0 Å². The van der Waals surface area contributed by atoms with E-state index < -0.39 is 0 Å². The van der Waals surface area contributed by atoms with Gasteiger partial charge in [0.2, 0.25) is 0 Å². The molecule has 1 saturated heterocycles. The van der Waals surface area contributed by atoms with Gasteiger partial charge in [-0.3, -0.25) is 9.89 Å². The van der Waals surface area contributed by atoms with Gasteiger partial charge in [-0.25, -0.2) is 4.98 Å². The minimum Gasteiger partial charge on any atom is -0.361 e. The van der Waals surface area contributed by atoms with Gasteiger partial charge in [0.25, 0.3) is 5.91 Å². The number of piperidine rings is 1. The van der Waals surface area contributed by atoms with Crippen LogP contribution < -0.4 is 0 Å². The molecule has 2 aromatic heterocycles. The molecule has 2 N–H and O–H groups in total. The molecule has 112 valence electrons. The second-order valence-electron chi connectivity index (χ2n) is 5.63. The first-order valence-electron chi connectivity index (χ1n) is 7.57. The summed E-state index contributed by atoms with van der Waals surface area (Å²) in [6.07, 6.45) is 6.41. The topological polar surface area (TPSA) is 77.7 Å². The van der Waals surface area contributed by atoms with Crippen molar-refractivity contribution in [1.29, 1.82) is 0 Å². The van der Waals surface area contributed by atoms with Gasteiger partial charge in [-0.15, -0.1) is 0 Å². The summed E-state index contributed by atoms with van der Waals surface area (Å²) in [5.74, 6) is 0.820. The van der Waals surface area contributed by atoms with Gasteiger partial charge < -0.3 is 9.88 Å². The Bertz CT molecular complexity index is 792. The number of carbonyl (C=O) groups excluding carboxylic acids is 1. The lowest BCUT2D eigenvalue weighted by Crippen LogP contribution is -2.39. The number of para-hydroxylation sites is 1. The number of nitrogens with one attached hydrogen (secondary N) is 2. The summed E-state index contributed by atoms with van der Waals surface area (Å²) in [6.45, 7) is 0.751. The molecule has 1 fully saturated rings. The van der Waals surface area contributed by atoms with E-state index in [2.05, 4.69) is 20.2 Å². The molecule has 1 aliphatic rings. The van der Waals surface area contributed by atoms with E-state index in [0.29, 0.717) is 5.56 Å². The maximum absolute atomic E-state index is 13.1. The molecule has 6 nitrogen and oxygen atoms in total. The number of nitrogens with zero attached hydrogens (tertiary/aromatic N) is 3. The number of aromatic nitrogens is 4. The normalized spacial score (nSPS) is 18.7. The van der Waals surface area contributed by atoms with Gasteiger partial charge in [0, 0.05) is 18.1 Å². The Balaban J connectivity index is 1.72. The van der Waals surface area contributed by atoms with E-state index in [1.54, 1.807) is 0 Å². The molecule has 22 heavy (non-hydrogen) atoms. The molecule has 0 radical (unpaired) electrons. The predicted molar refractivity (Wildman–Crippen MR) is 82.3 cm³/mol. The Labute approximate surface area is 127 Å². The van der Waals surface area contributed by atoms with Crippen LogP contribution >= 0.6 is 0 Å². The quantitative estimate of drug-likeness (QED) is 0.763. The number of H-pyrrole nitrogens is 2.